The second-order valence-electron chi connectivity index (χ2n) is 5.01. The molecule has 3 aromatic heterocycles. The van der Waals surface area contributed by atoms with Crippen molar-refractivity contribution in [2.24, 2.45) is 0 Å². The van der Waals surface area contributed by atoms with E-state index in [1.54, 1.807) is 28.3 Å². The first-order valence-electron chi connectivity index (χ1n) is 7.17. The highest BCUT2D eigenvalue weighted by Crippen LogP contribution is 2.28. The molecule has 0 N–H and O–H groups in total. The zero-order chi connectivity index (χ0) is 16.4. The van der Waals surface area contributed by atoms with E-state index in [1.807, 2.05) is 24.4 Å². The third-order valence-corrected chi connectivity index (χ3v) is 4.20. The molecule has 23 heavy (non-hydrogen) atoms. The normalized spacial score (nSPS) is 10.9. The van der Waals surface area contributed by atoms with Crippen LogP contribution in [0.3, 0.4) is 0 Å². The van der Waals surface area contributed by atoms with Gasteiger partial charge in [0.05, 0.1) is 27.7 Å². The maximum atomic E-state index is 12.3. The summed E-state index contributed by atoms with van der Waals surface area (Å²) in [6.45, 7) is 3.74. The number of hydrogen-bond acceptors (Lipinski definition) is 6. The number of carbonyl (C=O) groups excluding carboxylic acids is 2. The van der Waals surface area contributed by atoms with Crippen LogP contribution in [0.15, 0.2) is 29.8 Å². The number of aromatic nitrogens is 3. The molecular weight excluding hydrogens is 314 g/mol. The van der Waals surface area contributed by atoms with Crippen molar-refractivity contribution in [1.29, 1.82) is 0 Å². The number of carbonyl (C=O) groups is 2. The number of thiophene rings is 1. The van der Waals surface area contributed by atoms with Gasteiger partial charge in [0, 0.05) is 6.54 Å². The number of hydrogen-bond donors (Lipinski definition) is 0. The van der Waals surface area contributed by atoms with Gasteiger partial charge in [0.1, 0.15) is 6.61 Å². The van der Waals surface area contributed by atoms with Gasteiger partial charge in [-0.15, -0.1) is 11.3 Å². The minimum atomic E-state index is -0.541. The van der Waals surface area contributed by atoms with Crippen LogP contribution in [0.2, 0.25) is 0 Å². The van der Waals surface area contributed by atoms with E-state index in [2.05, 4.69) is 10.1 Å². The highest BCUT2D eigenvalue weighted by molar-refractivity contribution is 7.13. The lowest BCUT2D eigenvalue weighted by molar-refractivity contribution is -0.120. The van der Waals surface area contributed by atoms with E-state index in [4.69, 9.17) is 4.74 Å². The number of nitrogens with zero attached hydrogens (tertiary/aromatic N) is 3. The fourth-order valence-electron chi connectivity index (χ4n) is 2.24. The fourth-order valence-corrected chi connectivity index (χ4v) is 2.93. The molecule has 118 valence electrons. The lowest BCUT2D eigenvalue weighted by Crippen LogP contribution is -2.12. The van der Waals surface area contributed by atoms with Crippen molar-refractivity contribution >= 4 is 34.1 Å². The molecule has 0 aliphatic heterocycles. The second-order valence-corrected chi connectivity index (χ2v) is 5.96. The number of rotatable bonds is 5. The van der Waals surface area contributed by atoms with Crippen molar-refractivity contribution in [3.63, 3.8) is 0 Å². The van der Waals surface area contributed by atoms with Crippen LogP contribution in [0, 0.1) is 0 Å². The molecule has 0 amide bonds. The summed E-state index contributed by atoms with van der Waals surface area (Å²) in [5, 5.41) is 6.83. The first-order valence-corrected chi connectivity index (χ1v) is 8.05. The Morgan fingerprint density at radius 3 is 2.87 bits per heavy atom. The number of fused-ring (bicyclic) bond motifs is 1. The number of esters is 1. The van der Waals surface area contributed by atoms with Crippen LogP contribution >= 0.6 is 11.3 Å². The Hall–Kier alpha value is -2.54. The Labute approximate surface area is 136 Å². The summed E-state index contributed by atoms with van der Waals surface area (Å²) >= 11 is 1.54. The summed E-state index contributed by atoms with van der Waals surface area (Å²) in [6.07, 6.45) is 1.61. The summed E-state index contributed by atoms with van der Waals surface area (Å²) in [4.78, 5) is 29.0. The van der Waals surface area contributed by atoms with Crippen LogP contribution in [0.25, 0.3) is 21.6 Å². The van der Waals surface area contributed by atoms with Crippen molar-refractivity contribution in [2.75, 3.05) is 6.61 Å². The van der Waals surface area contributed by atoms with Crippen LogP contribution in [-0.2, 0) is 16.1 Å². The summed E-state index contributed by atoms with van der Waals surface area (Å²) < 4.78 is 6.79. The van der Waals surface area contributed by atoms with Crippen LogP contribution in [0.1, 0.15) is 24.2 Å². The van der Waals surface area contributed by atoms with Crippen molar-refractivity contribution in [2.45, 2.75) is 20.4 Å². The zero-order valence-electron chi connectivity index (χ0n) is 12.8. The summed E-state index contributed by atoms with van der Waals surface area (Å²) in [5.74, 6) is -0.743. The Bertz CT molecular complexity index is 868. The Kier molecular flexibility index (Phi) is 4.20. The standard InChI is InChI=1S/C16H15N3O3S/c1-3-19-15-12(8-17-19)11(16(21)22-9-10(2)20)7-13(18-15)14-5-4-6-23-14/h4-8H,3,9H2,1-2H3. The van der Waals surface area contributed by atoms with E-state index in [0.717, 1.165) is 4.88 Å². The van der Waals surface area contributed by atoms with Crippen LogP contribution in [0.5, 0.6) is 0 Å². The Morgan fingerprint density at radius 1 is 1.39 bits per heavy atom. The lowest BCUT2D eigenvalue weighted by atomic mass is 10.1. The molecule has 3 rings (SSSR count). The van der Waals surface area contributed by atoms with Crippen molar-refractivity contribution < 1.29 is 14.3 Å². The molecule has 3 aromatic rings. The van der Waals surface area contributed by atoms with Gasteiger partial charge in [0.15, 0.2) is 11.4 Å². The minimum Gasteiger partial charge on any atom is -0.454 e. The molecule has 0 unspecified atom stereocenters. The molecule has 0 atom stereocenters. The van der Waals surface area contributed by atoms with Gasteiger partial charge in [-0.05, 0) is 31.4 Å². The van der Waals surface area contributed by atoms with Gasteiger partial charge < -0.3 is 4.74 Å². The van der Waals surface area contributed by atoms with E-state index < -0.39 is 5.97 Å². The molecule has 6 nitrogen and oxygen atoms in total. The summed E-state index contributed by atoms with van der Waals surface area (Å²) in [5.41, 5.74) is 1.70. The van der Waals surface area contributed by atoms with Gasteiger partial charge in [0.2, 0.25) is 0 Å². The van der Waals surface area contributed by atoms with Crippen molar-refractivity contribution in [1.82, 2.24) is 14.8 Å². The fraction of sp³-hybridized carbons (Fsp3) is 0.250. The molecule has 0 spiro atoms. The summed E-state index contributed by atoms with van der Waals surface area (Å²) in [6, 6.07) is 5.56. The van der Waals surface area contributed by atoms with E-state index in [0.29, 0.717) is 28.8 Å². The Balaban J connectivity index is 2.13. The molecule has 0 fully saturated rings. The Morgan fingerprint density at radius 2 is 2.22 bits per heavy atom. The number of ketones is 1. The van der Waals surface area contributed by atoms with Crippen molar-refractivity contribution in [3.05, 3.63) is 35.3 Å². The van der Waals surface area contributed by atoms with Gasteiger partial charge >= 0.3 is 5.97 Å². The first kappa shape index (κ1) is 15.4. The van der Waals surface area contributed by atoms with Crippen LogP contribution in [0.4, 0.5) is 0 Å². The van der Waals surface area contributed by atoms with E-state index in [9.17, 15) is 9.59 Å². The molecule has 7 heteroatoms. The second kappa shape index (κ2) is 6.29. The van der Waals surface area contributed by atoms with Gasteiger partial charge in [0.25, 0.3) is 0 Å². The van der Waals surface area contributed by atoms with Gasteiger partial charge in [-0.25, -0.2) is 14.5 Å². The van der Waals surface area contributed by atoms with Crippen LogP contribution < -0.4 is 0 Å². The highest BCUT2D eigenvalue weighted by atomic mass is 32.1. The maximum Gasteiger partial charge on any atom is 0.339 e. The predicted octanol–water partition coefficient (Wildman–Crippen LogP) is 2.93. The lowest BCUT2D eigenvalue weighted by Gasteiger charge is -2.07. The van der Waals surface area contributed by atoms with Gasteiger partial charge in [-0.1, -0.05) is 6.07 Å². The number of ether oxygens (including phenoxy) is 1. The van der Waals surface area contributed by atoms with E-state index in [1.165, 1.54) is 6.92 Å². The molecule has 0 radical (unpaired) electrons. The SMILES string of the molecule is CCn1ncc2c(C(=O)OCC(C)=O)cc(-c3cccs3)nc21. The van der Waals surface area contributed by atoms with Gasteiger partial charge in [-0.3, -0.25) is 4.79 Å². The van der Waals surface area contributed by atoms with Crippen LogP contribution in [-0.4, -0.2) is 33.1 Å². The smallest absolute Gasteiger partial charge is 0.339 e. The first-order chi connectivity index (χ1) is 11.1. The molecule has 0 bridgehead atoms. The van der Waals surface area contributed by atoms with E-state index >= 15 is 0 Å². The average Bonchev–Trinajstić information content (AvgIpc) is 3.20. The molecule has 0 aliphatic carbocycles. The third-order valence-electron chi connectivity index (χ3n) is 3.31. The highest BCUT2D eigenvalue weighted by Gasteiger charge is 2.19. The third kappa shape index (κ3) is 3.00. The molecule has 0 saturated carbocycles. The predicted molar refractivity (Wildman–Crippen MR) is 87.5 cm³/mol. The zero-order valence-corrected chi connectivity index (χ0v) is 13.6. The average molecular weight is 329 g/mol. The topological polar surface area (TPSA) is 74.1 Å². The quantitative estimate of drug-likeness (QED) is 0.673. The molecule has 0 aliphatic rings. The number of pyridine rings is 1. The van der Waals surface area contributed by atoms with Crippen molar-refractivity contribution in [3.8, 4) is 10.6 Å². The van der Waals surface area contributed by atoms with E-state index in [-0.39, 0.29) is 12.4 Å². The monoisotopic (exact) mass is 329 g/mol. The minimum absolute atomic E-state index is 0.202. The number of aryl methyl sites for hydroxylation is 1. The summed E-state index contributed by atoms with van der Waals surface area (Å²) in [7, 11) is 0. The molecule has 3 heterocycles. The number of Topliss-reactive ketones (excluding diaryl/α,β-unsaturated/α-hetero) is 1. The largest absolute Gasteiger partial charge is 0.454 e. The molecular formula is C16H15N3O3S. The molecule has 0 saturated heterocycles. The maximum absolute atomic E-state index is 12.3. The van der Waals surface area contributed by atoms with Gasteiger partial charge in [-0.2, -0.15) is 5.10 Å². The molecule has 0 aromatic carbocycles.